The number of aryl methyl sites for hydroxylation is 1. The largest absolute Gasteiger partial charge is 0.494 e. The summed E-state index contributed by atoms with van der Waals surface area (Å²) in [4.78, 5) is 4.76. The Morgan fingerprint density at radius 1 is 1.00 bits per heavy atom. The number of methoxy groups -OCH3 is 1. The van der Waals surface area contributed by atoms with Crippen LogP contribution in [-0.4, -0.2) is 36.1 Å². The van der Waals surface area contributed by atoms with E-state index in [9.17, 15) is 0 Å². The van der Waals surface area contributed by atoms with Gasteiger partial charge in [-0.1, -0.05) is 12.8 Å². The predicted molar refractivity (Wildman–Crippen MR) is 107 cm³/mol. The van der Waals surface area contributed by atoms with Crippen molar-refractivity contribution < 1.29 is 4.74 Å². The molecular formula is C21H24N6O. The number of hydrogen-bond acceptors (Lipinski definition) is 4. The molecule has 4 heterocycles. The molecule has 0 bridgehead atoms. The van der Waals surface area contributed by atoms with Gasteiger partial charge >= 0.3 is 0 Å². The third kappa shape index (κ3) is 2.61. The van der Waals surface area contributed by atoms with Crippen molar-refractivity contribution in [3.05, 3.63) is 42.9 Å². The highest BCUT2D eigenvalue weighted by Crippen LogP contribution is 2.38. The Balaban J connectivity index is 1.63. The highest BCUT2D eigenvalue weighted by atomic mass is 16.5. The first-order valence-corrected chi connectivity index (χ1v) is 9.72. The average molecular weight is 376 g/mol. The molecule has 0 saturated heterocycles. The number of nitrogens with zero attached hydrogens (tertiary/aromatic N) is 6. The fraction of sp³-hybridized carbons (Fsp3) is 0.381. The lowest BCUT2D eigenvalue weighted by atomic mass is 10.1. The number of hydrogen-bond donors (Lipinski definition) is 0. The van der Waals surface area contributed by atoms with Crippen molar-refractivity contribution in [1.29, 1.82) is 0 Å². The molecule has 0 atom stereocenters. The zero-order valence-electron chi connectivity index (χ0n) is 16.5. The molecule has 1 fully saturated rings. The van der Waals surface area contributed by atoms with Crippen LogP contribution in [0, 0.1) is 0 Å². The lowest BCUT2D eigenvalue weighted by molar-refractivity contribution is 0.418. The van der Waals surface area contributed by atoms with Crippen molar-refractivity contribution in [2.75, 3.05) is 7.11 Å². The molecular weight excluding hydrogens is 352 g/mol. The molecule has 28 heavy (non-hydrogen) atoms. The molecule has 0 aliphatic heterocycles. The first-order valence-electron chi connectivity index (χ1n) is 9.72. The number of rotatable bonds is 4. The molecule has 1 aliphatic rings. The van der Waals surface area contributed by atoms with Crippen molar-refractivity contribution in [3.8, 4) is 28.1 Å². The Morgan fingerprint density at radius 2 is 1.82 bits per heavy atom. The maximum Gasteiger partial charge on any atom is 0.145 e. The molecule has 7 nitrogen and oxygen atoms in total. The predicted octanol–water partition coefficient (Wildman–Crippen LogP) is 3.80. The third-order valence-electron chi connectivity index (χ3n) is 5.86. The van der Waals surface area contributed by atoms with E-state index in [0.717, 1.165) is 33.7 Å². The van der Waals surface area contributed by atoms with Crippen LogP contribution >= 0.6 is 0 Å². The number of aromatic nitrogens is 6. The van der Waals surface area contributed by atoms with E-state index in [4.69, 9.17) is 9.72 Å². The van der Waals surface area contributed by atoms with Gasteiger partial charge in [-0.15, -0.1) is 0 Å². The summed E-state index contributed by atoms with van der Waals surface area (Å²) in [5.74, 6) is 2.54. The molecule has 7 heteroatoms. The summed E-state index contributed by atoms with van der Waals surface area (Å²) >= 11 is 0. The first kappa shape index (κ1) is 17.0. The minimum Gasteiger partial charge on any atom is -0.494 e. The average Bonchev–Trinajstić information content (AvgIpc) is 3.47. The van der Waals surface area contributed by atoms with Crippen LogP contribution in [0.25, 0.3) is 27.9 Å². The van der Waals surface area contributed by atoms with Crippen molar-refractivity contribution in [1.82, 2.24) is 28.9 Å². The van der Waals surface area contributed by atoms with E-state index in [1.807, 2.05) is 48.6 Å². The van der Waals surface area contributed by atoms with Gasteiger partial charge in [0.25, 0.3) is 0 Å². The van der Waals surface area contributed by atoms with E-state index in [1.165, 1.54) is 31.5 Å². The molecule has 5 rings (SSSR count). The third-order valence-corrected chi connectivity index (χ3v) is 5.86. The van der Waals surface area contributed by atoms with E-state index in [-0.39, 0.29) is 0 Å². The molecule has 0 amide bonds. The zero-order chi connectivity index (χ0) is 19.3. The molecule has 1 aliphatic carbocycles. The number of fused-ring (bicyclic) bond motifs is 1. The van der Waals surface area contributed by atoms with E-state index in [1.54, 1.807) is 11.8 Å². The van der Waals surface area contributed by atoms with E-state index < -0.39 is 0 Å². The standard InChI is InChI=1S/C21H24N6O/c1-25-12-16(9-23-25)15-8-19(28-3)20-17(10-24-27(20)13-15)18-11-22-21(26(18)2)14-6-4-5-7-14/h8-14H,4-7H2,1-3H3. The van der Waals surface area contributed by atoms with E-state index in [2.05, 4.69) is 21.8 Å². The lowest BCUT2D eigenvalue weighted by Gasteiger charge is -2.11. The molecule has 0 aromatic carbocycles. The highest BCUT2D eigenvalue weighted by molar-refractivity contribution is 5.85. The molecule has 1 saturated carbocycles. The van der Waals surface area contributed by atoms with Crippen LogP contribution in [0.15, 0.2) is 37.1 Å². The summed E-state index contributed by atoms with van der Waals surface area (Å²) in [6.45, 7) is 0. The summed E-state index contributed by atoms with van der Waals surface area (Å²) in [5, 5.41) is 8.88. The fourth-order valence-electron chi connectivity index (χ4n) is 4.39. The van der Waals surface area contributed by atoms with Gasteiger partial charge < -0.3 is 9.30 Å². The summed E-state index contributed by atoms with van der Waals surface area (Å²) in [6.07, 6.45) is 14.8. The van der Waals surface area contributed by atoms with E-state index in [0.29, 0.717) is 5.92 Å². The van der Waals surface area contributed by atoms with Crippen molar-refractivity contribution in [3.63, 3.8) is 0 Å². The van der Waals surface area contributed by atoms with Gasteiger partial charge in [0.05, 0.1) is 31.4 Å². The van der Waals surface area contributed by atoms with Crippen LogP contribution in [0.4, 0.5) is 0 Å². The monoisotopic (exact) mass is 376 g/mol. The van der Waals surface area contributed by atoms with Gasteiger partial charge in [-0.25, -0.2) is 9.50 Å². The number of pyridine rings is 1. The van der Waals surface area contributed by atoms with Crippen molar-refractivity contribution in [2.24, 2.45) is 14.1 Å². The van der Waals surface area contributed by atoms with Gasteiger partial charge in [0.15, 0.2) is 0 Å². The summed E-state index contributed by atoms with van der Waals surface area (Å²) in [5.41, 5.74) is 5.11. The molecule has 0 radical (unpaired) electrons. The van der Waals surface area contributed by atoms with Gasteiger partial charge in [0.1, 0.15) is 17.1 Å². The van der Waals surface area contributed by atoms with Crippen LogP contribution in [0.3, 0.4) is 0 Å². The Bertz CT molecular complexity index is 1150. The van der Waals surface area contributed by atoms with Gasteiger partial charge in [0, 0.05) is 49.1 Å². The Kier molecular flexibility index (Phi) is 3.96. The second-order valence-electron chi connectivity index (χ2n) is 7.59. The van der Waals surface area contributed by atoms with Crippen LogP contribution in [-0.2, 0) is 14.1 Å². The zero-order valence-corrected chi connectivity index (χ0v) is 16.5. The summed E-state index contributed by atoms with van der Waals surface area (Å²) < 4.78 is 11.6. The van der Waals surface area contributed by atoms with Crippen molar-refractivity contribution >= 4 is 5.52 Å². The van der Waals surface area contributed by atoms with Gasteiger partial charge in [-0.05, 0) is 18.9 Å². The highest BCUT2D eigenvalue weighted by Gasteiger charge is 2.24. The van der Waals surface area contributed by atoms with Gasteiger partial charge in [0.2, 0.25) is 0 Å². The van der Waals surface area contributed by atoms with Crippen LogP contribution in [0.5, 0.6) is 5.75 Å². The summed E-state index contributed by atoms with van der Waals surface area (Å²) in [6, 6.07) is 2.05. The van der Waals surface area contributed by atoms with Gasteiger partial charge in [-0.2, -0.15) is 10.2 Å². The molecule has 4 aromatic heterocycles. The van der Waals surface area contributed by atoms with Crippen molar-refractivity contribution in [2.45, 2.75) is 31.6 Å². The summed E-state index contributed by atoms with van der Waals surface area (Å²) in [7, 11) is 5.72. The molecule has 0 N–H and O–H groups in total. The fourth-order valence-corrected chi connectivity index (χ4v) is 4.39. The Morgan fingerprint density at radius 3 is 2.54 bits per heavy atom. The smallest absolute Gasteiger partial charge is 0.145 e. The van der Waals surface area contributed by atoms with Crippen LogP contribution in [0.1, 0.15) is 37.4 Å². The van der Waals surface area contributed by atoms with Gasteiger partial charge in [-0.3, -0.25) is 4.68 Å². The van der Waals surface area contributed by atoms with Crippen LogP contribution < -0.4 is 4.74 Å². The van der Waals surface area contributed by atoms with Crippen LogP contribution in [0.2, 0.25) is 0 Å². The molecule has 0 spiro atoms. The number of ether oxygens (including phenoxy) is 1. The second-order valence-corrected chi connectivity index (χ2v) is 7.59. The number of imidazole rings is 1. The normalized spacial score (nSPS) is 15.0. The lowest BCUT2D eigenvalue weighted by Crippen LogP contribution is -2.04. The maximum absolute atomic E-state index is 5.75. The maximum atomic E-state index is 5.75. The molecule has 4 aromatic rings. The molecule has 144 valence electrons. The minimum absolute atomic E-state index is 0.569. The Labute approximate surface area is 163 Å². The van der Waals surface area contributed by atoms with E-state index >= 15 is 0 Å². The topological polar surface area (TPSA) is 62.2 Å². The minimum atomic E-state index is 0.569. The Hall–Kier alpha value is -3.09. The SMILES string of the molecule is COc1cc(-c2cnn(C)c2)cn2ncc(-c3cnc(C4CCCC4)n3C)c12. The second kappa shape index (κ2) is 6.51. The quantitative estimate of drug-likeness (QED) is 0.543. The first-order chi connectivity index (χ1) is 13.7. The molecule has 0 unspecified atom stereocenters.